The molecule has 0 spiro atoms. The van der Waals surface area contributed by atoms with Crippen LogP contribution < -0.4 is 0 Å². The van der Waals surface area contributed by atoms with E-state index in [9.17, 15) is 8.42 Å². The molecule has 0 unspecified atom stereocenters. The first kappa shape index (κ1) is 26.8. The molecule has 1 aromatic carbocycles. The molecule has 0 atom stereocenters. The van der Waals surface area contributed by atoms with Crippen LogP contribution >= 0.6 is 0 Å². The van der Waals surface area contributed by atoms with Crippen LogP contribution in [0.15, 0.2) is 35.2 Å². The number of hydrogen-bond donors (Lipinski definition) is 0. The van der Waals surface area contributed by atoms with E-state index in [0.717, 1.165) is 12.8 Å². The van der Waals surface area contributed by atoms with Crippen LogP contribution in [0.1, 0.15) is 90.4 Å². The van der Waals surface area contributed by atoms with Gasteiger partial charge in [0.05, 0.1) is 11.5 Å². The van der Waals surface area contributed by atoms with E-state index in [1.54, 1.807) is 30.3 Å². The molecule has 5 heteroatoms. The molecule has 1 aromatic rings. The minimum absolute atomic E-state index is 0. The standard InChI is InChI=1S/C21H36O3S.K.H/c1-2-3-4-5-6-7-8-9-10-11-12-13-17-20-24-25(22,23)21-18-15-14-16-19-21;;/h14-16,18-19H,2-13,17,20H2,1H3;;. The molecule has 0 amide bonds. The van der Waals surface area contributed by atoms with Crippen molar-refractivity contribution in [3.8, 4) is 0 Å². The first-order valence-electron chi connectivity index (χ1n) is 10.1. The molecule has 26 heavy (non-hydrogen) atoms. The molecule has 146 valence electrons. The molecule has 0 radical (unpaired) electrons. The predicted octanol–water partition coefficient (Wildman–Crippen LogP) is 5.83. The van der Waals surface area contributed by atoms with Gasteiger partial charge in [-0.15, -0.1) is 0 Å². The van der Waals surface area contributed by atoms with E-state index in [0.29, 0.717) is 0 Å². The van der Waals surface area contributed by atoms with Gasteiger partial charge in [0.1, 0.15) is 0 Å². The molecule has 0 aliphatic rings. The second kappa shape index (κ2) is 17.8. The molecule has 0 saturated heterocycles. The Bertz CT molecular complexity index is 517. The van der Waals surface area contributed by atoms with Gasteiger partial charge in [0, 0.05) is 0 Å². The number of unbranched alkanes of at least 4 members (excludes halogenated alkanes) is 12. The fourth-order valence-corrected chi connectivity index (χ4v) is 3.91. The second-order valence-electron chi connectivity index (χ2n) is 6.83. The van der Waals surface area contributed by atoms with Crippen molar-refractivity contribution >= 4 is 61.5 Å². The van der Waals surface area contributed by atoms with Gasteiger partial charge in [-0.25, -0.2) is 0 Å². The van der Waals surface area contributed by atoms with Crippen molar-refractivity contribution in [3.05, 3.63) is 30.3 Å². The summed E-state index contributed by atoms with van der Waals surface area (Å²) in [6.45, 7) is 2.54. The second-order valence-corrected chi connectivity index (χ2v) is 8.45. The van der Waals surface area contributed by atoms with Gasteiger partial charge in [-0.3, -0.25) is 4.18 Å². The Morgan fingerprint density at radius 2 is 1.12 bits per heavy atom. The van der Waals surface area contributed by atoms with E-state index in [4.69, 9.17) is 4.18 Å². The molecular weight excluding hydrogens is 371 g/mol. The van der Waals surface area contributed by atoms with E-state index in [2.05, 4.69) is 6.92 Å². The monoisotopic (exact) mass is 408 g/mol. The Labute approximate surface area is 204 Å². The van der Waals surface area contributed by atoms with E-state index in [1.165, 1.54) is 70.6 Å². The summed E-state index contributed by atoms with van der Waals surface area (Å²) in [7, 11) is -3.58. The Hall–Kier alpha value is 0.766. The van der Waals surface area contributed by atoms with Gasteiger partial charge in [-0.2, -0.15) is 8.42 Å². The van der Waals surface area contributed by atoms with Crippen LogP contribution in [0, 0.1) is 0 Å². The topological polar surface area (TPSA) is 43.4 Å². The van der Waals surface area contributed by atoms with Crippen LogP contribution in [0.2, 0.25) is 0 Å². The van der Waals surface area contributed by atoms with Crippen LogP contribution in [0.25, 0.3) is 0 Å². The fourth-order valence-electron chi connectivity index (χ4n) is 2.94. The van der Waals surface area contributed by atoms with Gasteiger partial charge in [0.25, 0.3) is 10.1 Å². The fraction of sp³-hybridized carbons (Fsp3) is 0.714. The minimum atomic E-state index is -3.58. The van der Waals surface area contributed by atoms with Crippen molar-refractivity contribution in [1.82, 2.24) is 0 Å². The van der Waals surface area contributed by atoms with E-state index < -0.39 is 10.1 Å². The van der Waals surface area contributed by atoms with Crippen LogP contribution in [0.5, 0.6) is 0 Å². The average molecular weight is 409 g/mol. The van der Waals surface area contributed by atoms with Crippen LogP contribution in [0.3, 0.4) is 0 Å². The molecule has 0 aliphatic heterocycles. The van der Waals surface area contributed by atoms with Crippen molar-refractivity contribution < 1.29 is 12.6 Å². The summed E-state index contributed by atoms with van der Waals surface area (Å²) in [6, 6.07) is 8.35. The van der Waals surface area contributed by atoms with Gasteiger partial charge >= 0.3 is 51.4 Å². The molecule has 0 N–H and O–H groups in total. The maximum atomic E-state index is 11.9. The molecule has 1 rings (SSSR count). The zero-order valence-corrected chi connectivity index (χ0v) is 16.7. The number of rotatable bonds is 16. The van der Waals surface area contributed by atoms with Crippen LogP contribution in [0.4, 0.5) is 0 Å². The SMILES string of the molecule is CCCCCCCCCCCCCCCOS(=O)(=O)c1ccccc1.[KH]. The third kappa shape index (κ3) is 13.9. The summed E-state index contributed by atoms with van der Waals surface area (Å²) in [4.78, 5) is 0.240. The van der Waals surface area contributed by atoms with Crippen molar-refractivity contribution in [3.63, 3.8) is 0 Å². The maximum absolute atomic E-state index is 11.9. The summed E-state index contributed by atoms with van der Waals surface area (Å²) in [5, 5.41) is 0. The first-order valence-corrected chi connectivity index (χ1v) is 11.5. The summed E-state index contributed by atoms with van der Waals surface area (Å²) in [5.74, 6) is 0. The van der Waals surface area contributed by atoms with Crippen molar-refractivity contribution in [1.29, 1.82) is 0 Å². The summed E-state index contributed by atoms with van der Waals surface area (Å²) in [6.07, 6.45) is 16.6. The van der Waals surface area contributed by atoms with E-state index >= 15 is 0 Å². The third-order valence-electron chi connectivity index (χ3n) is 4.52. The zero-order chi connectivity index (χ0) is 18.2. The first-order chi connectivity index (χ1) is 12.2. The Morgan fingerprint density at radius 1 is 0.692 bits per heavy atom. The molecule has 0 aliphatic carbocycles. The molecule has 0 bridgehead atoms. The third-order valence-corrected chi connectivity index (χ3v) is 5.84. The molecular formula is C21H37KO3S. The Morgan fingerprint density at radius 3 is 1.58 bits per heavy atom. The average Bonchev–Trinajstić information content (AvgIpc) is 2.63. The molecule has 0 aromatic heterocycles. The quantitative estimate of drug-likeness (QED) is 0.196. The van der Waals surface area contributed by atoms with Gasteiger partial charge in [0.15, 0.2) is 0 Å². The Kier molecular flexibility index (Phi) is 18.4. The van der Waals surface area contributed by atoms with Gasteiger partial charge in [-0.1, -0.05) is 102 Å². The summed E-state index contributed by atoms with van der Waals surface area (Å²) in [5.41, 5.74) is 0. The normalized spacial score (nSPS) is 11.3. The molecule has 0 fully saturated rings. The van der Waals surface area contributed by atoms with E-state index in [-0.39, 0.29) is 62.9 Å². The zero-order valence-electron chi connectivity index (χ0n) is 15.9. The van der Waals surface area contributed by atoms with Gasteiger partial charge in [0.2, 0.25) is 0 Å². The van der Waals surface area contributed by atoms with Gasteiger partial charge < -0.3 is 0 Å². The van der Waals surface area contributed by atoms with Crippen molar-refractivity contribution in [2.75, 3.05) is 6.61 Å². The number of hydrogen-bond acceptors (Lipinski definition) is 3. The molecule has 3 nitrogen and oxygen atoms in total. The Balaban J connectivity index is 0.00000625. The molecule has 0 heterocycles. The van der Waals surface area contributed by atoms with Gasteiger partial charge in [-0.05, 0) is 18.6 Å². The van der Waals surface area contributed by atoms with Crippen LogP contribution in [-0.4, -0.2) is 66.4 Å². The van der Waals surface area contributed by atoms with Crippen molar-refractivity contribution in [2.24, 2.45) is 0 Å². The summed E-state index contributed by atoms with van der Waals surface area (Å²) >= 11 is 0. The molecule has 0 saturated carbocycles. The van der Waals surface area contributed by atoms with E-state index in [1.807, 2.05) is 0 Å². The predicted molar refractivity (Wildman–Crippen MR) is 112 cm³/mol. The van der Waals surface area contributed by atoms with Crippen molar-refractivity contribution in [2.45, 2.75) is 95.3 Å². The van der Waals surface area contributed by atoms with Crippen LogP contribution in [-0.2, 0) is 14.3 Å². The summed E-state index contributed by atoms with van der Waals surface area (Å²) < 4.78 is 28.9. The number of benzene rings is 1.